The fraction of sp³-hybridized carbons (Fsp3) is 0.429. The Bertz CT molecular complexity index is 825. The monoisotopic (exact) mass is 441 g/mol. The van der Waals surface area contributed by atoms with Crippen LogP contribution in [0.5, 0.6) is 5.75 Å². The van der Waals surface area contributed by atoms with Crippen molar-refractivity contribution in [3.05, 3.63) is 46.6 Å². The van der Waals surface area contributed by atoms with Crippen molar-refractivity contribution in [2.45, 2.75) is 33.6 Å². The zero-order chi connectivity index (χ0) is 22.9. The quantitative estimate of drug-likeness (QED) is 0.293. The lowest BCUT2D eigenvalue weighted by atomic mass is 9.84. The van der Waals surface area contributed by atoms with Crippen molar-refractivity contribution < 1.29 is 23.8 Å². The summed E-state index contributed by atoms with van der Waals surface area (Å²) in [7, 11) is 1.37. The lowest BCUT2D eigenvalue weighted by molar-refractivity contribution is -0.118. The minimum absolute atomic E-state index is 0.0589. The normalized spacial score (nSPS) is 12.0. The number of aldehydes is 1. The third kappa shape index (κ3) is 8.04. The van der Waals surface area contributed by atoms with Crippen LogP contribution in [-0.4, -0.2) is 37.6 Å². The molecule has 1 aromatic rings. The van der Waals surface area contributed by atoms with Crippen molar-refractivity contribution in [3.63, 3.8) is 0 Å². The van der Waals surface area contributed by atoms with Gasteiger partial charge in [0.25, 0.3) is 0 Å². The van der Waals surface area contributed by atoms with E-state index in [1.54, 1.807) is 6.92 Å². The Morgan fingerprint density at radius 3 is 2.60 bits per heavy atom. The predicted molar refractivity (Wildman–Crippen MR) is 116 cm³/mol. The molecule has 0 saturated carbocycles. The number of carbonyl (C=O) groups is 2. The molecule has 0 aliphatic carbocycles. The average molecular weight is 442 g/mol. The van der Waals surface area contributed by atoms with Crippen molar-refractivity contribution in [2.24, 2.45) is 5.41 Å². The smallest absolute Gasteiger partial charge is 0.225 e. The molecule has 0 atom stereocenters. The molecule has 0 aliphatic heterocycles. The Balaban J connectivity index is 2.77. The van der Waals surface area contributed by atoms with Gasteiger partial charge in [-0.2, -0.15) is 0 Å². The molecule has 9 heteroatoms. The number of halogens is 2. The van der Waals surface area contributed by atoms with Crippen molar-refractivity contribution >= 4 is 29.5 Å². The van der Waals surface area contributed by atoms with E-state index >= 15 is 0 Å². The van der Waals surface area contributed by atoms with Gasteiger partial charge in [-0.1, -0.05) is 32.0 Å². The Kier molecular flexibility index (Phi) is 9.81. The van der Waals surface area contributed by atoms with Crippen LogP contribution in [-0.2, 0) is 9.59 Å². The molecule has 0 spiro atoms. The number of rotatable bonds is 12. The molecule has 0 fully saturated rings. The molecule has 1 rings (SSSR count). The van der Waals surface area contributed by atoms with Crippen LogP contribution in [0.2, 0.25) is 5.02 Å². The number of aliphatic hydroxyl groups is 1. The first-order valence-corrected chi connectivity index (χ1v) is 9.69. The van der Waals surface area contributed by atoms with E-state index in [1.807, 2.05) is 13.8 Å². The first-order valence-electron chi connectivity index (χ1n) is 9.31. The molecule has 1 aromatic carbocycles. The molecule has 4 N–H and O–H groups in total. The minimum Gasteiger partial charge on any atom is -0.494 e. The number of aliphatic hydroxyl groups excluding tert-OH is 1. The van der Waals surface area contributed by atoms with Crippen LogP contribution in [0, 0.1) is 11.2 Å². The highest BCUT2D eigenvalue weighted by Crippen LogP contribution is 2.32. The Morgan fingerprint density at radius 1 is 1.37 bits per heavy atom. The van der Waals surface area contributed by atoms with E-state index in [0.29, 0.717) is 36.3 Å². The second kappa shape index (κ2) is 11.6. The van der Waals surface area contributed by atoms with E-state index in [-0.39, 0.29) is 35.4 Å². The molecule has 0 heterocycles. The van der Waals surface area contributed by atoms with Gasteiger partial charge in [0.15, 0.2) is 6.29 Å². The van der Waals surface area contributed by atoms with Gasteiger partial charge in [0.1, 0.15) is 11.6 Å². The molecule has 0 radical (unpaired) electrons. The molecule has 0 saturated heterocycles. The summed E-state index contributed by atoms with van der Waals surface area (Å²) in [5, 5.41) is 17.3. The van der Waals surface area contributed by atoms with Gasteiger partial charge in [-0.05, 0) is 24.8 Å². The van der Waals surface area contributed by atoms with Crippen LogP contribution in [0.4, 0.5) is 10.1 Å². The van der Waals surface area contributed by atoms with Crippen molar-refractivity contribution in [1.29, 1.82) is 0 Å². The van der Waals surface area contributed by atoms with Gasteiger partial charge < -0.3 is 25.8 Å². The van der Waals surface area contributed by atoms with Gasteiger partial charge in [-0.3, -0.25) is 9.59 Å². The Morgan fingerprint density at radius 2 is 2.03 bits per heavy atom. The maximum Gasteiger partial charge on any atom is 0.225 e. The van der Waals surface area contributed by atoms with E-state index in [4.69, 9.17) is 21.4 Å². The molecular weight excluding hydrogens is 413 g/mol. The first-order chi connectivity index (χ1) is 14.0. The fourth-order valence-corrected chi connectivity index (χ4v) is 3.01. The summed E-state index contributed by atoms with van der Waals surface area (Å²) in [6.07, 6.45) is 1.20. The number of carbonyl (C=O) groups excluding carboxylic acids is 2. The third-order valence-electron chi connectivity index (χ3n) is 4.18. The van der Waals surface area contributed by atoms with E-state index in [2.05, 4.69) is 22.5 Å². The molecule has 30 heavy (non-hydrogen) atoms. The summed E-state index contributed by atoms with van der Waals surface area (Å²) in [5.41, 5.74) is 1.22. The van der Waals surface area contributed by atoms with Gasteiger partial charge in [0.2, 0.25) is 5.91 Å². The number of anilines is 1. The molecule has 1 amide bonds. The summed E-state index contributed by atoms with van der Waals surface area (Å²) in [5.74, 6) is -0.779. The van der Waals surface area contributed by atoms with Crippen LogP contribution < -0.4 is 20.7 Å². The Hall–Kier alpha value is -2.58. The van der Waals surface area contributed by atoms with E-state index in [1.165, 1.54) is 13.2 Å². The van der Waals surface area contributed by atoms with Crippen LogP contribution in [0.25, 0.3) is 0 Å². The van der Waals surface area contributed by atoms with Gasteiger partial charge in [-0.25, -0.2) is 4.39 Å². The lowest BCUT2D eigenvalue weighted by Gasteiger charge is -2.26. The first kappa shape index (κ1) is 25.5. The van der Waals surface area contributed by atoms with Gasteiger partial charge >= 0.3 is 0 Å². The Labute approximate surface area is 181 Å². The molecule has 0 aliphatic rings. The van der Waals surface area contributed by atoms with Crippen LogP contribution in [0.1, 0.15) is 33.6 Å². The highest BCUT2D eigenvalue weighted by molar-refractivity contribution is 6.31. The van der Waals surface area contributed by atoms with Crippen molar-refractivity contribution in [3.8, 4) is 5.75 Å². The zero-order valence-electron chi connectivity index (χ0n) is 17.7. The molecule has 0 bridgehead atoms. The van der Waals surface area contributed by atoms with Gasteiger partial charge in [-0.15, -0.1) is 0 Å². The number of benzene rings is 1. The molecule has 0 unspecified atom stereocenters. The number of nitrogens with one attached hydrogen (secondary N) is 3. The maximum atomic E-state index is 13.6. The van der Waals surface area contributed by atoms with Crippen molar-refractivity contribution in [2.75, 3.05) is 25.6 Å². The standard InChI is InChI=1S/C21H29ClFN3O4/c1-13(25-18(12-28)14(2)24-6-7-27)10-21(3,4)11-20(29)26-17-8-15(22)16(23)9-19(17)30-5/h8-9,12,24-25,27H,1,6-7,10-11H2,2-5H3,(H,26,29)/b18-14+. The second-order valence-corrected chi connectivity index (χ2v) is 7.98. The third-order valence-corrected chi connectivity index (χ3v) is 4.47. The lowest BCUT2D eigenvalue weighted by Crippen LogP contribution is -2.27. The molecule has 166 valence electrons. The van der Waals surface area contributed by atoms with Crippen LogP contribution >= 0.6 is 11.6 Å². The predicted octanol–water partition coefficient (Wildman–Crippen LogP) is 3.35. The summed E-state index contributed by atoms with van der Waals surface area (Å²) in [4.78, 5) is 23.9. The number of ether oxygens (including phenoxy) is 1. The number of hydrogen-bond acceptors (Lipinski definition) is 6. The molecular formula is C21H29ClFN3O4. The number of hydrogen-bond donors (Lipinski definition) is 4. The highest BCUT2D eigenvalue weighted by Gasteiger charge is 2.24. The van der Waals surface area contributed by atoms with E-state index < -0.39 is 11.2 Å². The van der Waals surface area contributed by atoms with Crippen LogP contribution in [0.15, 0.2) is 35.8 Å². The minimum atomic E-state index is -0.642. The molecule has 7 nitrogen and oxygen atoms in total. The van der Waals surface area contributed by atoms with Gasteiger partial charge in [0, 0.05) is 30.4 Å². The summed E-state index contributed by atoms with van der Waals surface area (Å²) in [6.45, 7) is 9.68. The molecule has 0 aromatic heterocycles. The summed E-state index contributed by atoms with van der Waals surface area (Å²) in [6, 6.07) is 2.40. The average Bonchev–Trinajstić information content (AvgIpc) is 2.65. The summed E-state index contributed by atoms with van der Waals surface area (Å²) < 4.78 is 18.7. The zero-order valence-corrected chi connectivity index (χ0v) is 18.5. The van der Waals surface area contributed by atoms with Crippen molar-refractivity contribution in [1.82, 2.24) is 10.6 Å². The fourth-order valence-electron chi connectivity index (χ4n) is 2.85. The number of amides is 1. The SMILES string of the molecule is C=C(CC(C)(C)CC(=O)Nc1cc(Cl)c(F)cc1OC)N/C(C=O)=C(\C)NCCO. The number of allylic oxidation sites excluding steroid dienone is 3. The van der Waals surface area contributed by atoms with E-state index in [9.17, 15) is 14.0 Å². The largest absolute Gasteiger partial charge is 0.494 e. The maximum absolute atomic E-state index is 13.6. The second-order valence-electron chi connectivity index (χ2n) is 7.57. The van der Waals surface area contributed by atoms with Crippen LogP contribution in [0.3, 0.4) is 0 Å². The summed E-state index contributed by atoms with van der Waals surface area (Å²) >= 11 is 5.79. The van der Waals surface area contributed by atoms with Gasteiger partial charge in [0.05, 0.1) is 30.1 Å². The topological polar surface area (TPSA) is 99.7 Å². The van der Waals surface area contributed by atoms with E-state index in [0.717, 1.165) is 6.07 Å². The highest BCUT2D eigenvalue weighted by atomic mass is 35.5. The number of methoxy groups -OCH3 is 1.